The first-order valence-electron chi connectivity index (χ1n) is 5.77. The molecule has 0 atom stereocenters. The summed E-state index contributed by atoms with van der Waals surface area (Å²) in [7, 11) is 0. The first-order valence-corrected chi connectivity index (χ1v) is 6.58. The zero-order valence-corrected chi connectivity index (χ0v) is 11.5. The van der Waals surface area contributed by atoms with Crippen molar-refractivity contribution in [1.82, 2.24) is 4.98 Å². The molecule has 92 valence electrons. The van der Waals surface area contributed by atoms with Crippen LogP contribution in [0.2, 0.25) is 0 Å². The Bertz CT molecular complexity index is 593. The van der Waals surface area contributed by atoms with Gasteiger partial charge >= 0.3 is 0 Å². The summed E-state index contributed by atoms with van der Waals surface area (Å²) >= 11 is 1.63. The molecular formula is C15H15NOS. The minimum atomic E-state index is 0.622. The smallest absolute Gasteiger partial charge is 0.151 e. The molecule has 18 heavy (non-hydrogen) atoms. The molecule has 0 aliphatic heterocycles. The van der Waals surface area contributed by atoms with E-state index in [1.807, 2.05) is 13.0 Å². The summed E-state index contributed by atoms with van der Waals surface area (Å²) in [4.78, 5) is 16.2. The van der Waals surface area contributed by atoms with Gasteiger partial charge in [-0.25, -0.2) is 4.98 Å². The molecule has 0 saturated carbocycles. The number of benzene rings is 1. The van der Waals surface area contributed by atoms with Crippen LogP contribution in [0.1, 0.15) is 27.0 Å². The largest absolute Gasteiger partial charge is 0.298 e. The molecule has 1 aromatic carbocycles. The lowest BCUT2D eigenvalue weighted by Gasteiger charge is -2.07. The molecular weight excluding hydrogens is 242 g/mol. The van der Waals surface area contributed by atoms with Gasteiger partial charge in [0.2, 0.25) is 0 Å². The van der Waals surface area contributed by atoms with Gasteiger partial charge in [-0.05, 0) is 55.7 Å². The molecule has 3 heteroatoms. The Hall–Kier alpha value is -1.61. The van der Waals surface area contributed by atoms with E-state index >= 15 is 0 Å². The summed E-state index contributed by atoms with van der Waals surface area (Å²) in [5, 5.41) is 0.948. The Morgan fingerprint density at radius 2 is 1.83 bits per heavy atom. The number of nitrogens with zero attached hydrogens (tertiary/aromatic N) is 1. The first kappa shape index (κ1) is 12.8. The van der Waals surface area contributed by atoms with Crippen molar-refractivity contribution < 1.29 is 4.79 Å². The van der Waals surface area contributed by atoms with E-state index in [0.29, 0.717) is 5.56 Å². The average Bonchev–Trinajstić information content (AvgIpc) is 2.36. The molecule has 0 bridgehead atoms. The highest BCUT2D eigenvalue weighted by Gasteiger charge is 2.05. The molecule has 0 amide bonds. The van der Waals surface area contributed by atoms with Crippen molar-refractivity contribution in [3.8, 4) is 0 Å². The van der Waals surface area contributed by atoms with Gasteiger partial charge in [-0.2, -0.15) is 0 Å². The number of hydrogen-bond acceptors (Lipinski definition) is 3. The van der Waals surface area contributed by atoms with Crippen LogP contribution in [0.25, 0.3) is 0 Å². The molecule has 0 fully saturated rings. The Kier molecular flexibility index (Phi) is 3.82. The fraction of sp³-hybridized carbons (Fsp3) is 0.200. The maximum absolute atomic E-state index is 10.7. The summed E-state index contributed by atoms with van der Waals surface area (Å²) in [5.41, 5.74) is 4.22. The van der Waals surface area contributed by atoms with Crippen molar-refractivity contribution in [1.29, 1.82) is 0 Å². The minimum absolute atomic E-state index is 0.622. The average molecular weight is 257 g/mol. The van der Waals surface area contributed by atoms with Crippen LogP contribution in [0, 0.1) is 20.8 Å². The summed E-state index contributed by atoms with van der Waals surface area (Å²) in [5.74, 6) is 0. The molecule has 0 saturated heterocycles. The van der Waals surface area contributed by atoms with Crippen LogP contribution in [0.4, 0.5) is 0 Å². The lowest BCUT2D eigenvalue weighted by Crippen LogP contribution is -1.90. The summed E-state index contributed by atoms with van der Waals surface area (Å²) in [6.45, 7) is 6.19. The quantitative estimate of drug-likeness (QED) is 0.779. The second kappa shape index (κ2) is 5.36. The van der Waals surface area contributed by atoms with Gasteiger partial charge < -0.3 is 0 Å². The topological polar surface area (TPSA) is 30.0 Å². The number of carbonyl (C=O) groups excluding carboxylic acids is 1. The van der Waals surface area contributed by atoms with Crippen molar-refractivity contribution in [3.05, 3.63) is 52.7 Å². The van der Waals surface area contributed by atoms with Crippen molar-refractivity contribution in [3.63, 3.8) is 0 Å². The van der Waals surface area contributed by atoms with Crippen LogP contribution >= 0.6 is 11.8 Å². The molecule has 2 nitrogen and oxygen atoms in total. The monoisotopic (exact) mass is 257 g/mol. The number of carbonyl (C=O) groups is 1. The van der Waals surface area contributed by atoms with Gasteiger partial charge in [0.25, 0.3) is 0 Å². The third kappa shape index (κ3) is 2.79. The van der Waals surface area contributed by atoms with Crippen molar-refractivity contribution in [2.24, 2.45) is 0 Å². The van der Waals surface area contributed by atoms with Gasteiger partial charge in [0, 0.05) is 16.7 Å². The van der Waals surface area contributed by atoms with Crippen LogP contribution in [0.5, 0.6) is 0 Å². The number of aldehydes is 1. The third-order valence-corrected chi connectivity index (χ3v) is 3.99. The van der Waals surface area contributed by atoms with Gasteiger partial charge in [-0.15, -0.1) is 0 Å². The fourth-order valence-electron chi connectivity index (χ4n) is 1.64. The molecule has 0 radical (unpaired) electrons. The number of aromatic nitrogens is 1. The van der Waals surface area contributed by atoms with Crippen LogP contribution in [-0.2, 0) is 0 Å². The van der Waals surface area contributed by atoms with Crippen LogP contribution in [0.15, 0.2) is 40.4 Å². The first-order chi connectivity index (χ1) is 8.60. The Balaban J connectivity index is 2.28. The zero-order chi connectivity index (χ0) is 13.1. The second-order valence-corrected chi connectivity index (χ2v) is 5.42. The van der Waals surface area contributed by atoms with Gasteiger partial charge in [0.15, 0.2) is 6.29 Å². The zero-order valence-electron chi connectivity index (χ0n) is 10.7. The fourth-order valence-corrected chi connectivity index (χ4v) is 2.56. The number of pyridine rings is 1. The molecule has 0 N–H and O–H groups in total. The van der Waals surface area contributed by atoms with Crippen molar-refractivity contribution >= 4 is 18.0 Å². The lowest BCUT2D eigenvalue weighted by molar-refractivity contribution is 0.112. The second-order valence-electron chi connectivity index (χ2n) is 4.36. The predicted octanol–water partition coefficient (Wildman–Crippen LogP) is 3.97. The summed E-state index contributed by atoms with van der Waals surface area (Å²) in [6.07, 6.45) is 2.44. The molecule has 2 aromatic rings. The van der Waals surface area contributed by atoms with Gasteiger partial charge in [-0.3, -0.25) is 4.79 Å². The van der Waals surface area contributed by atoms with Gasteiger partial charge in [0.05, 0.1) is 0 Å². The normalized spacial score (nSPS) is 10.4. The maximum atomic E-state index is 10.7. The van der Waals surface area contributed by atoms with Crippen molar-refractivity contribution in [2.45, 2.75) is 30.7 Å². The van der Waals surface area contributed by atoms with E-state index in [-0.39, 0.29) is 0 Å². The van der Waals surface area contributed by atoms with E-state index < -0.39 is 0 Å². The van der Waals surface area contributed by atoms with E-state index in [4.69, 9.17) is 0 Å². The number of rotatable bonds is 3. The van der Waals surface area contributed by atoms with E-state index in [1.54, 1.807) is 18.0 Å². The summed E-state index contributed by atoms with van der Waals surface area (Å²) in [6, 6.07) is 8.24. The van der Waals surface area contributed by atoms with E-state index in [0.717, 1.165) is 16.9 Å². The predicted molar refractivity (Wildman–Crippen MR) is 74.4 cm³/mol. The third-order valence-electron chi connectivity index (χ3n) is 2.88. The number of aryl methyl sites for hydroxylation is 3. The molecule has 1 aromatic heterocycles. The Morgan fingerprint density at radius 1 is 1.06 bits per heavy atom. The highest BCUT2D eigenvalue weighted by atomic mass is 32.2. The molecule has 0 spiro atoms. The lowest BCUT2D eigenvalue weighted by atomic mass is 10.1. The van der Waals surface area contributed by atoms with Crippen LogP contribution in [0.3, 0.4) is 0 Å². The van der Waals surface area contributed by atoms with E-state index in [2.05, 4.69) is 37.0 Å². The van der Waals surface area contributed by atoms with E-state index in [9.17, 15) is 4.79 Å². The molecule has 0 unspecified atom stereocenters. The van der Waals surface area contributed by atoms with Crippen molar-refractivity contribution in [2.75, 3.05) is 0 Å². The standard InChI is InChI=1S/C15H15NOS/c1-10-4-5-14(7-11(10)2)18-15-12(3)6-13(9-17)8-16-15/h4-9H,1-3H3. The molecule has 0 aliphatic rings. The van der Waals surface area contributed by atoms with Crippen LogP contribution in [-0.4, -0.2) is 11.3 Å². The van der Waals surface area contributed by atoms with Crippen LogP contribution < -0.4 is 0 Å². The molecule has 1 heterocycles. The number of hydrogen-bond donors (Lipinski definition) is 0. The Labute approximate surface area is 111 Å². The molecule has 0 aliphatic carbocycles. The maximum Gasteiger partial charge on any atom is 0.151 e. The minimum Gasteiger partial charge on any atom is -0.298 e. The van der Waals surface area contributed by atoms with E-state index in [1.165, 1.54) is 16.0 Å². The van der Waals surface area contributed by atoms with Gasteiger partial charge in [0.1, 0.15) is 5.03 Å². The highest BCUT2D eigenvalue weighted by Crippen LogP contribution is 2.29. The van der Waals surface area contributed by atoms with Gasteiger partial charge in [-0.1, -0.05) is 17.8 Å². The summed E-state index contributed by atoms with van der Waals surface area (Å²) < 4.78 is 0. The Morgan fingerprint density at radius 3 is 2.44 bits per heavy atom. The highest BCUT2D eigenvalue weighted by molar-refractivity contribution is 7.99. The molecule has 2 rings (SSSR count). The SMILES string of the molecule is Cc1ccc(Sc2ncc(C=O)cc2C)cc1C.